The van der Waals surface area contributed by atoms with Crippen molar-refractivity contribution >= 4 is 12.0 Å². The van der Waals surface area contributed by atoms with Crippen LogP contribution in [0.3, 0.4) is 0 Å². The van der Waals surface area contributed by atoms with Crippen LogP contribution in [-0.2, 0) is 5.41 Å². The van der Waals surface area contributed by atoms with Crippen LogP contribution in [0.25, 0.3) is 6.08 Å². The van der Waals surface area contributed by atoms with E-state index in [4.69, 9.17) is 10.4 Å². The zero-order valence-electron chi connectivity index (χ0n) is 10.2. The highest BCUT2D eigenvalue weighted by Crippen LogP contribution is 2.29. The van der Waals surface area contributed by atoms with Crippen LogP contribution in [0.1, 0.15) is 42.3 Å². The molecule has 0 bridgehead atoms. The van der Waals surface area contributed by atoms with Crippen molar-refractivity contribution in [2.24, 2.45) is 0 Å². The molecule has 1 aromatic rings. The fourth-order valence-electron chi connectivity index (χ4n) is 1.71. The molecule has 0 radical (unpaired) electrons. The number of hydrogen-bond acceptors (Lipinski definition) is 2. The van der Waals surface area contributed by atoms with Gasteiger partial charge in [-0.3, -0.25) is 0 Å². The molecule has 0 unspecified atom stereocenters. The number of aromatic carboxylic acids is 1. The molecular weight excluding hydrogens is 214 g/mol. The molecule has 0 atom stereocenters. The average Bonchev–Trinajstić information content (AvgIpc) is 2.24. The van der Waals surface area contributed by atoms with Crippen LogP contribution < -0.4 is 0 Å². The van der Waals surface area contributed by atoms with Crippen LogP contribution >= 0.6 is 0 Å². The lowest BCUT2D eigenvalue weighted by Crippen LogP contribution is -2.15. The number of allylic oxidation sites excluding steroid dienone is 1. The Morgan fingerprint density at radius 2 is 2.06 bits per heavy atom. The fraction of sp³-hybridized carbons (Fsp3) is 0.286. The summed E-state index contributed by atoms with van der Waals surface area (Å²) < 4.78 is 0. The highest BCUT2D eigenvalue weighted by Gasteiger charge is 2.20. The smallest absolute Gasteiger partial charge is 0.336 e. The lowest BCUT2D eigenvalue weighted by atomic mass is 9.82. The Labute approximate surface area is 101 Å². The van der Waals surface area contributed by atoms with Gasteiger partial charge in [0.15, 0.2) is 0 Å². The summed E-state index contributed by atoms with van der Waals surface area (Å²) in [4.78, 5) is 11.1. The largest absolute Gasteiger partial charge is 0.478 e. The van der Waals surface area contributed by atoms with E-state index in [0.29, 0.717) is 5.56 Å². The second-order valence-electron chi connectivity index (χ2n) is 4.78. The predicted octanol–water partition coefficient (Wildman–Crippen LogP) is 3.22. The van der Waals surface area contributed by atoms with Crippen LogP contribution in [0.4, 0.5) is 0 Å². The summed E-state index contributed by atoms with van der Waals surface area (Å²) in [5, 5.41) is 17.7. The van der Waals surface area contributed by atoms with Crippen molar-refractivity contribution in [2.75, 3.05) is 0 Å². The second-order valence-corrected chi connectivity index (χ2v) is 4.78. The maximum absolute atomic E-state index is 11.1. The van der Waals surface area contributed by atoms with Gasteiger partial charge in [-0.25, -0.2) is 4.79 Å². The third kappa shape index (κ3) is 2.94. The van der Waals surface area contributed by atoms with E-state index in [2.05, 4.69) is 0 Å². The topological polar surface area (TPSA) is 61.1 Å². The van der Waals surface area contributed by atoms with Gasteiger partial charge in [0.25, 0.3) is 0 Å². The Morgan fingerprint density at radius 3 is 2.53 bits per heavy atom. The molecule has 1 rings (SSSR count). The van der Waals surface area contributed by atoms with E-state index in [1.165, 1.54) is 6.08 Å². The number of carboxylic acids is 1. The molecule has 0 aliphatic heterocycles. The minimum Gasteiger partial charge on any atom is -0.478 e. The first-order chi connectivity index (χ1) is 7.88. The monoisotopic (exact) mass is 229 g/mol. The summed E-state index contributed by atoms with van der Waals surface area (Å²) >= 11 is 0. The maximum Gasteiger partial charge on any atom is 0.336 e. The van der Waals surface area contributed by atoms with E-state index in [9.17, 15) is 4.79 Å². The van der Waals surface area contributed by atoms with Crippen LogP contribution in [0, 0.1) is 11.3 Å². The zero-order chi connectivity index (χ0) is 13.1. The van der Waals surface area contributed by atoms with Gasteiger partial charge in [-0.05, 0) is 28.7 Å². The van der Waals surface area contributed by atoms with Crippen LogP contribution in [-0.4, -0.2) is 11.1 Å². The van der Waals surface area contributed by atoms with Crippen molar-refractivity contribution in [2.45, 2.75) is 26.2 Å². The molecule has 0 saturated carbocycles. The molecule has 1 N–H and O–H groups in total. The van der Waals surface area contributed by atoms with E-state index < -0.39 is 5.97 Å². The van der Waals surface area contributed by atoms with Crippen molar-refractivity contribution < 1.29 is 9.90 Å². The van der Waals surface area contributed by atoms with Crippen molar-refractivity contribution in [3.05, 3.63) is 41.0 Å². The van der Waals surface area contributed by atoms with Gasteiger partial charge in [0, 0.05) is 6.08 Å². The van der Waals surface area contributed by atoms with Gasteiger partial charge in [0.2, 0.25) is 0 Å². The molecule has 0 fully saturated rings. The van der Waals surface area contributed by atoms with E-state index >= 15 is 0 Å². The van der Waals surface area contributed by atoms with Gasteiger partial charge < -0.3 is 5.11 Å². The second kappa shape index (κ2) is 4.84. The third-order valence-corrected chi connectivity index (χ3v) is 2.47. The Hall–Kier alpha value is -2.08. The molecule has 0 aromatic heterocycles. The lowest BCUT2D eigenvalue weighted by molar-refractivity contribution is 0.0696. The molecular formula is C14H15NO2. The molecule has 3 nitrogen and oxygen atoms in total. The van der Waals surface area contributed by atoms with Crippen molar-refractivity contribution in [3.8, 4) is 6.07 Å². The fourth-order valence-corrected chi connectivity index (χ4v) is 1.71. The molecule has 17 heavy (non-hydrogen) atoms. The standard InChI is InChI=1S/C14H15NO2/c1-14(2,3)12-8-4-6-11(13(16)17)10(12)7-5-9-15/h4-8H,1-3H3,(H,16,17). The molecule has 1 aromatic carbocycles. The summed E-state index contributed by atoms with van der Waals surface area (Å²) in [5.41, 5.74) is 1.59. The Morgan fingerprint density at radius 1 is 1.41 bits per heavy atom. The average molecular weight is 229 g/mol. The number of nitrogens with zero attached hydrogens (tertiary/aromatic N) is 1. The molecule has 3 heteroatoms. The number of hydrogen-bond donors (Lipinski definition) is 1. The number of carbonyl (C=O) groups is 1. The molecule has 0 saturated heterocycles. The first-order valence-electron chi connectivity index (χ1n) is 5.31. The van der Waals surface area contributed by atoms with Crippen molar-refractivity contribution in [1.29, 1.82) is 5.26 Å². The van der Waals surface area contributed by atoms with Gasteiger partial charge in [0.05, 0.1) is 11.6 Å². The summed E-state index contributed by atoms with van der Waals surface area (Å²) in [7, 11) is 0. The van der Waals surface area contributed by atoms with Crippen molar-refractivity contribution in [1.82, 2.24) is 0 Å². The Kier molecular flexibility index (Phi) is 3.69. The lowest BCUT2D eigenvalue weighted by Gasteiger charge is -2.22. The number of rotatable bonds is 2. The van der Waals surface area contributed by atoms with E-state index in [0.717, 1.165) is 5.56 Å². The summed E-state index contributed by atoms with van der Waals surface area (Å²) in [6.07, 6.45) is 2.86. The highest BCUT2D eigenvalue weighted by molar-refractivity contribution is 5.93. The Bertz CT molecular complexity index is 502. The molecule has 0 amide bonds. The molecule has 0 heterocycles. The minimum absolute atomic E-state index is 0.166. The quantitative estimate of drug-likeness (QED) is 0.792. The Balaban J connectivity index is 3.52. The predicted molar refractivity (Wildman–Crippen MR) is 66.7 cm³/mol. The van der Waals surface area contributed by atoms with Crippen LogP contribution in [0.5, 0.6) is 0 Å². The summed E-state index contributed by atoms with van der Waals surface area (Å²) in [6.45, 7) is 6.03. The van der Waals surface area contributed by atoms with Crippen LogP contribution in [0.15, 0.2) is 24.3 Å². The first kappa shape index (κ1) is 13.0. The molecule has 0 aliphatic rings. The van der Waals surface area contributed by atoms with Gasteiger partial charge >= 0.3 is 5.97 Å². The number of carboxylic acid groups (broad SMARTS) is 1. The van der Waals surface area contributed by atoms with Crippen LogP contribution in [0.2, 0.25) is 0 Å². The first-order valence-corrected chi connectivity index (χ1v) is 5.31. The number of benzene rings is 1. The normalized spacial score (nSPS) is 11.4. The molecule has 0 spiro atoms. The SMILES string of the molecule is CC(C)(C)c1cccc(C(=O)O)c1C=CC#N. The zero-order valence-corrected chi connectivity index (χ0v) is 10.2. The van der Waals surface area contributed by atoms with Gasteiger partial charge in [0.1, 0.15) is 0 Å². The van der Waals surface area contributed by atoms with Gasteiger partial charge in [-0.2, -0.15) is 5.26 Å². The summed E-state index contributed by atoms with van der Waals surface area (Å²) in [5.74, 6) is -0.978. The number of nitriles is 1. The van der Waals surface area contributed by atoms with E-state index in [1.807, 2.05) is 32.9 Å². The third-order valence-electron chi connectivity index (χ3n) is 2.47. The van der Waals surface area contributed by atoms with Gasteiger partial charge in [-0.1, -0.05) is 32.9 Å². The summed E-state index contributed by atoms with van der Waals surface area (Å²) in [6, 6.07) is 7.06. The van der Waals surface area contributed by atoms with Gasteiger partial charge in [-0.15, -0.1) is 0 Å². The molecule has 0 aliphatic carbocycles. The minimum atomic E-state index is -0.978. The van der Waals surface area contributed by atoms with Crippen molar-refractivity contribution in [3.63, 3.8) is 0 Å². The van der Waals surface area contributed by atoms with E-state index in [1.54, 1.807) is 18.2 Å². The highest BCUT2D eigenvalue weighted by atomic mass is 16.4. The maximum atomic E-state index is 11.1. The molecule has 88 valence electrons. The van der Waals surface area contributed by atoms with E-state index in [-0.39, 0.29) is 11.0 Å².